The number of imidazole rings is 1. The molecule has 1 amide bonds. The topological polar surface area (TPSA) is 98.5 Å². The van der Waals surface area contributed by atoms with E-state index in [4.69, 9.17) is 15.5 Å². The maximum atomic E-state index is 14.2. The lowest BCUT2D eigenvalue weighted by Gasteiger charge is -2.27. The third-order valence-corrected chi connectivity index (χ3v) is 9.88. The number of hydrogen-bond donors (Lipinski definition) is 2. The van der Waals surface area contributed by atoms with Crippen molar-refractivity contribution in [1.29, 1.82) is 0 Å². The predicted octanol–water partition coefficient (Wildman–Crippen LogP) is 5.69. The Morgan fingerprint density at radius 1 is 1.12 bits per heavy atom. The van der Waals surface area contributed by atoms with Gasteiger partial charge in [0.15, 0.2) is 17.4 Å². The van der Waals surface area contributed by atoms with E-state index in [1.54, 1.807) is 19.2 Å². The lowest BCUT2D eigenvalue weighted by Crippen LogP contribution is -2.41. The largest absolute Gasteiger partial charge is 0.504 e. The molecule has 3 fully saturated rings. The molecule has 3 aromatic carbocycles. The first-order valence-corrected chi connectivity index (χ1v) is 15.0. The number of phenols is 1. The fourth-order valence-electron chi connectivity index (χ4n) is 7.38. The summed E-state index contributed by atoms with van der Waals surface area (Å²) < 4.78 is 24.3. The van der Waals surface area contributed by atoms with Crippen molar-refractivity contribution in [1.82, 2.24) is 19.0 Å². The summed E-state index contributed by atoms with van der Waals surface area (Å²) >= 11 is 0. The van der Waals surface area contributed by atoms with Gasteiger partial charge in [0.2, 0.25) is 0 Å². The highest BCUT2D eigenvalue weighted by molar-refractivity contribution is 6.00. The second kappa shape index (κ2) is 9.57. The molecule has 3 heterocycles. The van der Waals surface area contributed by atoms with E-state index in [-0.39, 0.29) is 23.7 Å². The summed E-state index contributed by atoms with van der Waals surface area (Å²) in [5.74, 6) is 1.32. The van der Waals surface area contributed by atoms with Crippen molar-refractivity contribution < 1.29 is 19.0 Å². The standard InChI is InChI=1S/C34H34FN5O3/c1-38-31-25(12-22(15-29(31)43-2)34(42)40-17-21-10-11-26(40)30(21)36)37-33(38)28-14-20-9-8-19(23-4-3-5-24(35)32(23)41)13-27(20)39(28)16-18-6-7-18/h3-5,8-9,12-15,18,21,26,30,41H,6-7,10-11,16-17,36H2,1-2H3/t21-,26-,30-/m1/s1. The fraction of sp³-hybridized carbons (Fsp3) is 0.353. The number of carbonyl (C=O) groups excluding carboxylic acids is 1. The van der Waals surface area contributed by atoms with Crippen molar-refractivity contribution in [3.63, 3.8) is 0 Å². The van der Waals surface area contributed by atoms with E-state index >= 15 is 0 Å². The van der Waals surface area contributed by atoms with Gasteiger partial charge in [-0.1, -0.05) is 24.3 Å². The zero-order valence-electron chi connectivity index (χ0n) is 24.3. The number of aromatic hydroxyl groups is 1. The molecule has 8 rings (SSSR count). The normalized spacial score (nSPS) is 21.4. The van der Waals surface area contributed by atoms with E-state index < -0.39 is 5.82 Å². The van der Waals surface area contributed by atoms with Gasteiger partial charge in [0.05, 0.1) is 18.3 Å². The number of halogens is 1. The van der Waals surface area contributed by atoms with Crippen LogP contribution in [0.5, 0.6) is 11.5 Å². The van der Waals surface area contributed by atoms with Crippen molar-refractivity contribution in [3.8, 4) is 34.1 Å². The van der Waals surface area contributed by atoms with Gasteiger partial charge in [-0.05, 0) is 73.4 Å². The number of phenolic OH excluding ortho intramolecular Hbond substituents is 1. The summed E-state index contributed by atoms with van der Waals surface area (Å²) in [4.78, 5) is 20.7. The highest BCUT2D eigenvalue weighted by atomic mass is 19.1. The number of hydrogen-bond acceptors (Lipinski definition) is 5. The highest BCUT2D eigenvalue weighted by Crippen LogP contribution is 2.41. The molecule has 43 heavy (non-hydrogen) atoms. The predicted molar refractivity (Wildman–Crippen MR) is 164 cm³/mol. The number of aryl methyl sites for hydroxylation is 1. The zero-order valence-corrected chi connectivity index (χ0v) is 24.3. The third kappa shape index (κ3) is 4.05. The van der Waals surface area contributed by atoms with Crippen LogP contribution in [0.3, 0.4) is 0 Å². The highest BCUT2D eigenvalue weighted by Gasteiger charge is 2.47. The SMILES string of the molecule is COc1cc(C(=O)N2C[C@H]3CC[C@@H]2[C@@H]3N)cc2nc(-c3cc4ccc(-c5cccc(F)c5O)cc4n3CC3CC3)n(C)c12. The molecule has 3 aliphatic rings. The van der Waals surface area contributed by atoms with Crippen LogP contribution in [0.1, 0.15) is 36.0 Å². The van der Waals surface area contributed by atoms with Crippen LogP contribution in [0.4, 0.5) is 4.39 Å². The number of amides is 1. The lowest BCUT2D eigenvalue weighted by atomic mass is 10.0. The van der Waals surface area contributed by atoms with E-state index in [2.05, 4.69) is 10.6 Å². The van der Waals surface area contributed by atoms with Crippen molar-refractivity contribution in [2.45, 2.75) is 44.3 Å². The number of likely N-dealkylation sites (tertiary alicyclic amines) is 1. The monoisotopic (exact) mass is 579 g/mol. The summed E-state index contributed by atoms with van der Waals surface area (Å²) in [6.45, 7) is 1.54. The number of ether oxygens (including phenoxy) is 1. The first-order chi connectivity index (χ1) is 20.8. The number of nitrogens with zero attached hydrogens (tertiary/aromatic N) is 4. The number of nitrogens with two attached hydrogens (primary N) is 1. The molecule has 3 N–H and O–H groups in total. The Labute approximate surface area is 248 Å². The van der Waals surface area contributed by atoms with Crippen LogP contribution < -0.4 is 10.5 Å². The van der Waals surface area contributed by atoms with E-state index in [0.717, 1.165) is 52.9 Å². The van der Waals surface area contributed by atoms with Crippen LogP contribution in [0.2, 0.25) is 0 Å². The van der Waals surface area contributed by atoms with Gasteiger partial charge < -0.3 is 29.6 Å². The molecule has 8 nitrogen and oxygen atoms in total. The quantitative estimate of drug-likeness (QED) is 0.270. The van der Waals surface area contributed by atoms with Crippen LogP contribution >= 0.6 is 0 Å². The number of aromatic nitrogens is 3. The Morgan fingerprint density at radius 3 is 2.67 bits per heavy atom. The molecule has 2 bridgehead atoms. The van der Waals surface area contributed by atoms with Crippen LogP contribution in [0.15, 0.2) is 54.6 Å². The van der Waals surface area contributed by atoms with E-state index in [1.807, 2.05) is 46.8 Å². The smallest absolute Gasteiger partial charge is 0.254 e. The Hall–Kier alpha value is -4.37. The second-order valence-corrected chi connectivity index (χ2v) is 12.5. The first kappa shape index (κ1) is 26.3. The number of benzene rings is 3. The van der Waals surface area contributed by atoms with Gasteiger partial charge in [0, 0.05) is 54.3 Å². The summed E-state index contributed by atoms with van der Waals surface area (Å²) in [6, 6.07) is 16.5. The van der Waals surface area contributed by atoms with Crippen molar-refractivity contribution >= 4 is 27.8 Å². The molecule has 9 heteroatoms. The Morgan fingerprint density at radius 2 is 1.95 bits per heavy atom. The number of para-hydroxylation sites is 1. The number of fused-ring (bicyclic) bond motifs is 4. The van der Waals surface area contributed by atoms with Gasteiger partial charge in [-0.25, -0.2) is 9.37 Å². The van der Waals surface area contributed by atoms with Crippen molar-refractivity contribution in [2.24, 2.45) is 24.6 Å². The van der Waals surface area contributed by atoms with E-state index in [0.29, 0.717) is 40.8 Å². The molecule has 1 saturated heterocycles. The Bertz CT molecular complexity index is 1940. The summed E-state index contributed by atoms with van der Waals surface area (Å²) in [6.07, 6.45) is 4.39. The minimum absolute atomic E-state index is 0.0222. The molecule has 0 unspecified atom stereocenters. The zero-order chi connectivity index (χ0) is 29.6. The van der Waals surface area contributed by atoms with Crippen LogP contribution in [0.25, 0.3) is 44.6 Å². The molecule has 0 spiro atoms. The van der Waals surface area contributed by atoms with Crippen molar-refractivity contribution in [3.05, 3.63) is 66.0 Å². The average molecular weight is 580 g/mol. The van der Waals surface area contributed by atoms with E-state index in [9.17, 15) is 14.3 Å². The van der Waals surface area contributed by atoms with Crippen LogP contribution in [0, 0.1) is 17.7 Å². The van der Waals surface area contributed by atoms with Gasteiger partial charge in [-0.3, -0.25) is 4.79 Å². The molecule has 3 atom stereocenters. The molecule has 2 aromatic heterocycles. The van der Waals surface area contributed by atoms with Crippen LogP contribution in [-0.4, -0.2) is 55.8 Å². The molecule has 5 aromatic rings. The number of piperidine rings is 1. The summed E-state index contributed by atoms with van der Waals surface area (Å²) in [7, 11) is 3.60. The average Bonchev–Trinajstić information content (AvgIpc) is 3.42. The molecule has 2 saturated carbocycles. The maximum Gasteiger partial charge on any atom is 0.254 e. The molecule has 220 valence electrons. The molecular weight excluding hydrogens is 545 g/mol. The molecule has 0 radical (unpaired) electrons. The molecular formula is C34H34FN5O3. The maximum absolute atomic E-state index is 14.2. The molecule has 1 aliphatic heterocycles. The Kier molecular flexibility index (Phi) is 5.85. The van der Waals surface area contributed by atoms with Gasteiger partial charge in [0.1, 0.15) is 11.3 Å². The Balaban J connectivity index is 1.25. The molecule has 2 aliphatic carbocycles. The third-order valence-electron chi connectivity index (χ3n) is 9.88. The lowest BCUT2D eigenvalue weighted by molar-refractivity contribution is 0.0700. The number of methoxy groups -OCH3 is 1. The summed E-state index contributed by atoms with van der Waals surface area (Å²) in [5, 5.41) is 11.5. The van der Waals surface area contributed by atoms with Gasteiger partial charge in [-0.15, -0.1) is 0 Å². The van der Waals surface area contributed by atoms with Gasteiger partial charge in [-0.2, -0.15) is 0 Å². The summed E-state index contributed by atoms with van der Waals surface area (Å²) in [5.41, 5.74) is 11.6. The van der Waals surface area contributed by atoms with Crippen LogP contribution in [-0.2, 0) is 13.6 Å². The minimum atomic E-state index is -0.641. The number of carbonyl (C=O) groups is 1. The van der Waals surface area contributed by atoms with E-state index in [1.165, 1.54) is 18.9 Å². The van der Waals surface area contributed by atoms with Gasteiger partial charge in [0.25, 0.3) is 5.91 Å². The van der Waals surface area contributed by atoms with Gasteiger partial charge >= 0.3 is 0 Å². The van der Waals surface area contributed by atoms with Crippen molar-refractivity contribution in [2.75, 3.05) is 13.7 Å². The fourth-order valence-corrected chi connectivity index (χ4v) is 7.38. The minimum Gasteiger partial charge on any atom is -0.504 e. The number of rotatable bonds is 6. The first-order valence-electron chi connectivity index (χ1n) is 15.0. The second-order valence-electron chi connectivity index (χ2n) is 12.5.